The van der Waals surface area contributed by atoms with Crippen LogP contribution in [0.4, 0.5) is 13.2 Å². The van der Waals surface area contributed by atoms with Crippen molar-refractivity contribution in [3.05, 3.63) is 34.3 Å². The largest absolute Gasteiger partial charge is 0.468 e. The Morgan fingerprint density at radius 1 is 1.28 bits per heavy atom. The lowest BCUT2D eigenvalue weighted by Crippen LogP contribution is -2.19. The van der Waals surface area contributed by atoms with Crippen LogP contribution in [0.2, 0.25) is 0 Å². The Balaban J connectivity index is 2.33. The average molecular weight is 320 g/mol. The van der Waals surface area contributed by atoms with Crippen LogP contribution < -0.4 is 4.74 Å². The summed E-state index contributed by atoms with van der Waals surface area (Å²) < 4.78 is 41.4. The van der Waals surface area contributed by atoms with Crippen LogP contribution in [0.5, 0.6) is 5.88 Å². The van der Waals surface area contributed by atoms with Gasteiger partial charge in [-0.25, -0.2) is 4.98 Å². The van der Waals surface area contributed by atoms with Gasteiger partial charge in [0.2, 0.25) is 5.88 Å². The highest BCUT2D eigenvalue weighted by Crippen LogP contribution is 2.26. The van der Waals surface area contributed by atoms with E-state index in [1.165, 1.54) is 6.07 Å². The Kier molecular flexibility index (Phi) is 3.47. The van der Waals surface area contributed by atoms with E-state index in [0.29, 0.717) is 5.52 Å². The number of ether oxygens (including phenoxy) is 1. The van der Waals surface area contributed by atoms with Gasteiger partial charge < -0.3 is 4.74 Å². The van der Waals surface area contributed by atoms with Gasteiger partial charge in [-0.05, 0) is 46.6 Å². The normalized spacial score (nSPS) is 11.8. The summed E-state index contributed by atoms with van der Waals surface area (Å²) in [5.74, 6) is -0.0376. The molecule has 2 aromatic rings. The molecule has 0 radical (unpaired) electrons. The number of pyridine rings is 1. The van der Waals surface area contributed by atoms with Gasteiger partial charge in [-0.3, -0.25) is 0 Å². The predicted molar refractivity (Wildman–Crippen MR) is 65.7 cm³/mol. The summed E-state index contributed by atoms with van der Waals surface area (Å²) in [6, 6.07) is 6.87. The average Bonchev–Trinajstić information content (AvgIpc) is 2.25. The Labute approximate surface area is 110 Å². The topological polar surface area (TPSA) is 22.1 Å². The molecule has 0 unspecified atom stereocenters. The maximum absolute atomic E-state index is 12.0. The van der Waals surface area contributed by atoms with Crippen molar-refractivity contribution < 1.29 is 17.9 Å². The second-order valence-corrected chi connectivity index (χ2v) is 4.73. The van der Waals surface area contributed by atoms with Crippen LogP contribution in [0.15, 0.2) is 28.7 Å². The number of nitrogens with zero attached hydrogens (tertiary/aromatic N) is 1. The summed E-state index contributed by atoms with van der Waals surface area (Å²) in [5, 5.41) is 0.848. The molecule has 0 aliphatic rings. The van der Waals surface area contributed by atoms with Gasteiger partial charge in [-0.2, -0.15) is 13.2 Å². The second-order valence-electron chi connectivity index (χ2n) is 3.87. The van der Waals surface area contributed by atoms with E-state index < -0.39 is 12.8 Å². The van der Waals surface area contributed by atoms with Crippen LogP contribution in [0, 0.1) is 6.92 Å². The van der Waals surface area contributed by atoms with Crippen molar-refractivity contribution in [3.8, 4) is 5.88 Å². The van der Waals surface area contributed by atoms with E-state index in [9.17, 15) is 13.2 Å². The van der Waals surface area contributed by atoms with Gasteiger partial charge >= 0.3 is 6.18 Å². The van der Waals surface area contributed by atoms with Crippen molar-refractivity contribution in [1.82, 2.24) is 4.98 Å². The molecule has 0 aliphatic carbocycles. The molecule has 0 spiro atoms. The number of hydrogen-bond donors (Lipinski definition) is 0. The smallest absolute Gasteiger partial charge is 0.422 e. The second kappa shape index (κ2) is 4.76. The maximum atomic E-state index is 12.0. The minimum absolute atomic E-state index is 0.0376. The SMILES string of the molecule is Cc1cc(Br)c2nc(OCC(F)(F)F)ccc2c1. The van der Waals surface area contributed by atoms with Crippen molar-refractivity contribution in [1.29, 1.82) is 0 Å². The molecular formula is C12H9BrF3NO. The molecule has 6 heteroatoms. The minimum Gasteiger partial charge on any atom is -0.468 e. The first-order valence-corrected chi connectivity index (χ1v) is 5.91. The Morgan fingerprint density at radius 2 is 2.00 bits per heavy atom. The summed E-state index contributed by atoms with van der Waals surface area (Å²) in [6.45, 7) is 0.591. The third-order valence-corrected chi connectivity index (χ3v) is 2.85. The zero-order valence-corrected chi connectivity index (χ0v) is 11.0. The first kappa shape index (κ1) is 13.1. The van der Waals surface area contributed by atoms with E-state index >= 15 is 0 Å². The molecule has 0 bridgehead atoms. The molecular weight excluding hydrogens is 311 g/mol. The maximum Gasteiger partial charge on any atom is 0.422 e. The van der Waals surface area contributed by atoms with E-state index in [-0.39, 0.29) is 5.88 Å². The minimum atomic E-state index is -4.36. The molecule has 1 heterocycles. The monoisotopic (exact) mass is 319 g/mol. The Bertz CT molecular complexity index is 583. The van der Waals surface area contributed by atoms with Gasteiger partial charge in [0.25, 0.3) is 0 Å². The highest BCUT2D eigenvalue weighted by molar-refractivity contribution is 9.10. The summed E-state index contributed by atoms with van der Waals surface area (Å²) in [4.78, 5) is 4.05. The quantitative estimate of drug-likeness (QED) is 0.825. The molecule has 96 valence electrons. The van der Waals surface area contributed by atoms with E-state index in [1.807, 2.05) is 19.1 Å². The number of rotatable bonds is 2. The number of hydrogen-bond acceptors (Lipinski definition) is 2. The molecule has 0 saturated carbocycles. The van der Waals surface area contributed by atoms with Crippen molar-refractivity contribution in [3.63, 3.8) is 0 Å². The van der Waals surface area contributed by atoms with E-state index in [0.717, 1.165) is 15.4 Å². The molecule has 18 heavy (non-hydrogen) atoms. The molecule has 0 aliphatic heterocycles. The van der Waals surface area contributed by atoms with Crippen molar-refractivity contribution in [2.45, 2.75) is 13.1 Å². The van der Waals surface area contributed by atoms with E-state index in [4.69, 9.17) is 0 Å². The van der Waals surface area contributed by atoms with E-state index in [2.05, 4.69) is 25.7 Å². The number of alkyl halides is 3. The van der Waals surface area contributed by atoms with Crippen LogP contribution in [0.25, 0.3) is 10.9 Å². The predicted octanol–water partition coefficient (Wildman–Crippen LogP) is 4.25. The van der Waals surface area contributed by atoms with Crippen LogP contribution in [-0.4, -0.2) is 17.8 Å². The fourth-order valence-corrected chi connectivity index (χ4v) is 2.23. The highest BCUT2D eigenvalue weighted by atomic mass is 79.9. The molecule has 0 amide bonds. The fraction of sp³-hybridized carbons (Fsp3) is 0.250. The molecule has 0 atom stereocenters. The van der Waals surface area contributed by atoms with Gasteiger partial charge in [0, 0.05) is 15.9 Å². The molecule has 1 aromatic carbocycles. The van der Waals surface area contributed by atoms with Crippen LogP contribution in [-0.2, 0) is 0 Å². The van der Waals surface area contributed by atoms with Gasteiger partial charge in [0.15, 0.2) is 6.61 Å². The van der Waals surface area contributed by atoms with E-state index in [1.54, 1.807) is 6.07 Å². The summed E-state index contributed by atoms with van der Waals surface area (Å²) in [5.41, 5.74) is 1.63. The third kappa shape index (κ3) is 3.13. The summed E-state index contributed by atoms with van der Waals surface area (Å²) >= 11 is 3.33. The number of aromatic nitrogens is 1. The van der Waals surface area contributed by atoms with Gasteiger partial charge in [-0.1, -0.05) is 0 Å². The van der Waals surface area contributed by atoms with Crippen LogP contribution in [0.3, 0.4) is 0 Å². The summed E-state index contributed by atoms with van der Waals surface area (Å²) in [6.07, 6.45) is -4.36. The lowest BCUT2D eigenvalue weighted by Gasteiger charge is -2.09. The van der Waals surface area contributed by atoms with Gasteiger partial charge in [0.05, 0.1) is 5.52 Å². The lowest BCUT2D eigenvalue weighted by atomic mass is 10.1. The third-order valence-electron chi connectivity index (χ3n) is 2.25. The molecule has 0 fully saturated rings. The molecule has 0 saturated heterocycles. The highest BCUT2D eigenvalue weighted by Gasteiger charge is 2.28. The zero-order valence-electron chi connectivity index (χ0n) is 9.38. The van der Waals surface area contributed by atoms with Gasteiger partial charge in [0.1, 0.15) is 0 Å². The van der Waals surface area contributed by atoms with Crippen LogP contribution >= 0.6 is 15.9 Å². The summed E-state index contributed by atoms with van der Waals surface area (Å²) in [7, 11) is 0. The zero-order chi connectivity index (χ0) is 13.3. The fourth-order valence-electron chi connectivity index (χ4n) is 1.55. The number of aryl methyl sites for hydroxylation is 1. The molecule has 2 nitrogen and oxygen atoms in total. The van der Waals surface area contributed by atoms with Crippen molar-refractivity contribution in [2.24, 2.45) is 0 Å². The van der Waals surface area contributed by atoms with Crippen molar-refractivity contribution in [2.75, 3.05) is 6.61 Å². The lowest BCUT2D eigenvalue weighted by molar-refractivity contribution is -0.154. The number of halogens is 4. The Hall–Kier alpha value is -1.30. The molecule has 0 N–H and O–H groups in total. The number of benzene rings is 1. The Morgan fingerprint density at radius 3 is 2.67 bits per heavy atom. The molecule has 2 rings (SSSR count). The standard InChI is InChI=1S/C12H9BrF3NO/c1-7-4-8-2-3-10(18-6-12(14,15)16)17-11(8)9(13)5-7/h2-5H,6H2,1H3. The van der Waals surface area contributed by atoms with Crippen molar-refractivity contribution >= 4 is 26.8 Å². The first-order valence-electron chi connectivity index (χ1n) is 5.11. The van der Waals surface area contributed by atoms with Gasteiger partial charge in [-0.15, -0.1) is 0 Å². The first-order chi connectivity index (χ1) is 8.35. The number of fused-ring (bicyclic) bond motifs is 1. The molecule has 1 aromatic heterocycles. The van der Waals surface area contributed by atoms with Crippen LogP contribution in [0.1, 0.15) is 5.56 Å².